The number of benzene rings is 2. The third-order valence-electron chi connectivity index (χ3n) is 3.04. The van der Waals surface area contributed by atoms with Gasteiger partial charge in [0.05, 0.1) is 5.71 Å². The van der Waals surface area contributed by atoms with Gasteiger partial charge in [-0.25, -0.2) is 5.43 Å². The van der Waals surface area contributed by atoms with E-state index in [1.54, 1.807) is 12.1 Å². The zero-order valence-corrected chi connectivity index (χ0v) is 12.4. The molecule has 1 N–H and O–H groups in total. The second-order valence-electron chi connectivity index (χ2n) is 5.33. The van der Waals surface area contributed by atoms with Crippen LogP contribution in [0.3, 0.4) is 0 Å². The van der Waals surface area contributed by atoms with Crippen LogP contribution in [0.4, 0.5) is 0 Å². The Bertz CT molecular complexity index is 604. The van der Waals surface area contributed by atoms with Gasteiger partial charge in [-0.2, -0.15) is 5.10 Å². The van der Waals surface area contributed by atoms with Crippen molar-refractivity contribution >= 4 is 11.6 Å². The summed E-state index contributed by atoms with van der Waals surface area (Å²) in [7, 11) is 0. The van der Waals surface area contributed by atoms with Gasteiger partial charge in [0.2, 0.25) is 0 Å². The fourth-order valence-electron chi connectivity index (χ4n) is 2.02. The van der Waals surface area contributed by atoms with Gasteiger partial charge < -0.3 is 0 Å². The quantitative estimate of drug-likeness (QED) is 0.655. The average molecular weight is 280 g/mol. The normalized spacial score (nSPS) is 11.5. The van der Waals surface area contributed by atoms with Crippen molar-refractivity contribution in [2.75, 3.05) is 0 Å². The highest BCUT2D eigenvalue weighted by molar-refractivity contribution is 6.02. The molecule has 0 radical (unpaired) electrons. The van der Waals surface area contributed by atoms with Crippen LogP contribution in [0, 0.1) is 5.92 Å². The Morgan fingerprint density at radius 2 is 1.48 bits per heavy atom. The van der Waals surface area contributed by atoms with Crippen molar-refractivity contribution in [1.29, 1.82) is 0 Å². The topological polar surface area (TPSA) is 41.5 Å². The highest BCUT2D eigenvalue weighted by atomic mass is 16.2. The lowest BCUT2D eigenvalue weighted by molar-refractivity contribution is 0.0954. The summed E-state index contributed by atoms with van der Waals surface area (Å²) >= 11 is 0. The maximum Gasteiger partial charge on any atom is 0.271 e. The van der Waals surface area contributed by atoms with Crippen molar-refractivity contribution in [1.82, 2.24) is 5.43 Å². The molecular weight excluding hydrogens is 260 g/mol. The van der Waals surface area contributed by atoms with E-state index < -0.39 is 0 Å². The molecule has 0 saturated heterocycles. The maximum atomic E-state index is 12.0. The Hall–Kier alpha value is -2.42. The molecule has 0 bridgehead atoms. The highest BCUT2D eigenvalue weighted by Crippen LogP contribution is 2.10. The van der Waals surface area contributed by atoms with Gasteiger partial charge in [0.1, 0.15) is 0 Å². The maximum absolute atomic E-state index is 12.0. The fraction of sp³-hybridized carbons (Fsp3) is 0.222. The SMILES string of the molecule is CC(C)CC(=NNC(=O)c1ccccc1)c1ccccc1. The molecule has 0 aromatic heterocycles. The summed E-state index contributed by atoms with van der Waals surface area (Å²) in [6.07, 6.45) is 0.819. The molecule has 0 fully saturated rings. The number of rotatable bonds is 5. The predicted molar refractivity (Wildman–Crippen MR) is 86.3 cm³/mol. The molecule has 21 heavy (non-hydrogen) atoms. The van der Waals surface area contributed by atoms with Crippen molar-refractivity contribution in [2.45, 2.75) is 20.3 Å². The standard InChI is InChI=1S/C18H20N2O/c1-14(2)13-17(15-9-5-3-6-10-15)19-20-18(21)16-11-7-4-8-12-16/h3-12,14H,13H2,1-2H3,(H,20,21). The summed E-state index contributed by atoms with van der Waals surface area (Å²) < 4.78 is 0. The third-order valence-corrected chi connectivity index (χ3v) is 3.04. The van der Waals surface area contributed by atoms with Crippen LogP contribution < -0.4 is 5.43 Å². The molecule has 0 aliphatic heterocycles. The Balaban J connectivity index is 2.16. The first-order valence-electron chi connectivity index (χ1n) is 7.14. The summed E-state index contributed by atoms with van der Waals surface area (Å²) in [6.45, 7) is 4.27. The number of carbonyl (C=O) groups is 1. The van der Waals surface area contributed by atoms with E-state index in [9.17, 15) is 4.79 Å². The zero-order valence-electron chi connectivity index (χ0n) is 12.4. The molecule has 0 heterocycles. The summed E-state index contributed by atoms with van der Waals surface area (Å²) in [6, 6.07) is 19.0. The van der Waals surface area contributed by atoms with E-state index in [1.165, 1.54) is 0 Å². The van der Waals surface area contributed by atoms with E-state index in [0.717, 1.165) is 17.7 Å². The van der Waals surface area contributed by atoms with Crippen molar-refractivity contribution in [2.24, 2.45) is 11.0 Å². The minimum atomic E-state index is -0.187. The summed E-state index contributed by atoms with van der Waals surface area (Å²) in [5, 5.41) is 4.33. The lowest BCUT2D eigenvalue weighted by Gasteiger charge is -2.10. The Morgan fingerprint density at radius 3 is 2.00 bits per heavy atom. The van der Waals surface area contributed by atoms with Gasteiger partial charge in [-0.05, 0) is 30.0 Å². The Kier molecular flexibility index (Phi) is 5.27. The molecule has 0 unspecified atom stereocenters. The number of carbonyl (C=O) groups excluding carboxylic acids is 1. The van der Waals surface area contributed by atoms with E-state index in [1.807, 2.05) is 48.5 Å². The second kappa shape index (κ2) is 7.39. The molecule has 2 aromatic carbocycles. The molecule has 2 aromatic rings. The van der Waals surface area contributed by atoms with Crippen LogP contribution in [0.2, 0.25) is 0 Å². The van der Waals surface area contributed by atoms with E-state index in [2.05, 4.69) is 24.4 Å². The Morgan fingerprint density at radius 1 is 0.952 bits per heavy atom. The van der Waals surface area contributed by atoms with Gasteiger partial charge in [0, 0.05) is 5.56 Å². The zero-order chi connectivity index (χ0) is 15.1. The first-order chi connectivity index (χ1) is 10.2. The van der Waals surface area contributed by atoms with E-state index in [0.29, 0.717) is 11.5 Å². The average Bonchev–Trinajstić information content (AvgIpc) is 2.52. The van der Waals surface area contributed by atoms with Crippen LogP contribution in [0.1, 0.15) is 36.2 Å². The smallest absolute Gasteiger partial charge is 0.267 e. The molecule has 0 aliphatic rings. The van der Waals surface area contributed by atoms with Crippen LogP contribution in [0.25, 0.3) is 0 Å². The Labute approximate surface area is 125 Å². The molecule has 1 amide bonds. The minimum absolute atomic E-state index is 0.187. The number of amides is 1. The molecule has 0 atom stereocenters. The minimum Gasteiger partial charge on any atom is -0.267 e. The molecule has 0 aliphatic carbocycles. The van der Waals surface area contributed by atoms with E-state index in [-0.39, 0.29) is 5.91 Å². The summed E-state index contributed by atoms with van der Waals surface area (Å²) in [5.41, 5.74) is 5.20. The number of nitrogens with zero attached hydrogens (tertiary/aromatic N) is 1. The van der Waals surface area contributed by atoms with Crippen LogP contribution >= 0.6 is 0 Å². The number of hydrazone groups is 1. The number of hydrogen-bond acceptors (Lipinski definition) is 2. The van der Waals surface area contributed by atoms with Crippen molar-refractivity contribution in [3.05, 3.63) is 71.8 Å². The third kappa shape index (κ3) is 4.56. The van der Waals surface area contributed by atoms with Gasteiger partial charge in [-0.15, -0.1) is 0 Å². The van der Waals surface area contributed by atoms with Crippen molar-refractivity contribution in [3.63, 3.8) is 0 Å². The highest BCUT2D eigenvalue weighted by Gasteiger charge is 2.08. The number of nitrogens with one attached hydrogen (secondary N) is 1. The van der Waals surface area contributed by atoms with Crippen LogP contribution in [-0.2, 0) is 0 Å². The molecule has 0 spiro atoms. The fourth-order valence-corrected chi connectivity index (χ4v) is 2.02. The molecule has 3 heteroatoms. The number of hydrogen-bond donors (Lipinski definition) is 1. The van der Waals surface area contributed by atoms with Crippen molar-refractivity contribution in [3.8, 4) is 0 Å². The van der Waals surface area contributed by atoms with Crippen molar-refractivity contribution < 1.29 is 4.79 Å². The summed E-state index contributed by atoms with van der Waals surface area (Å²) in [4.78, 5) is 12.0. The lowest BCUT2D eigenvalue weighted by Crippen LogP contribution is -2.20. The predicted octanol–water partition coefficient (Wildman–Crippen LogP) is 3.87. The monoisotopic (exact) mass is 280 g/mol. The van der Waals surface area contributed by atoms with Crippen LogP contribution in [0.5, 0.6) is 0 Å². The van der Waals surface area contributed by atoms with Gasteiger partial charge in [-0.1, -0.05) is 62.4 Å². The lowest BCUT2D eigenvalue weighted by atomic mass is 10.0. The molecule has 3 nitrogen and oxygen atoms in total. The van der Waals surface area contributed by atoms with Gasteiger partial charge >= 0.3 is 0 Å². The largest absolute Gasteiger partial charge is 0.271 e. The van der Waals surface area contributed by atoms with Crippen LogP contribution in [0.15, 0.2) is 65.8 Å². The van der Waals surface area contributed by atoms with E-state index >= 15 is 0 Å². The molecule has 2 rings (SSSR count). The van der Waals surface area contributed by atoms with E-state index in [4.69, 9.17) is 0 Å². The van der Waals surface area contributed by atoms with Gasteiger partial charge in [0.15, 0.2) is 0 Å². The molecule has 0 saturated carbocycles. The second-order valence-corrected chi connectivity index (χ2v) is 5.33. The van der Waals surface area contributed by atoms with Crippen LogP contribution in [-0.4, -0.2) is 11.6 Å². The van der Waals surface area contributed by atoms with Gasteiger partial charge in [0.25, 0.3) is 5.91 Å². The molecule has 108 valence electrons. The first kappa shape index (κ1) is 15.0. The molecular formula is C18H20N2O. The summed E-state index contributed by atoms with van der Waals surface area (Å²) in [5.74, 6) is 0.283. The first-order valence-corrected chi connectivity index (χ1v) is 7.14. The van der Waals surface area contributed by atoms with Gasteiger partial charge in [-0.3, -0.25) is 4.79 Å².